The summed E-state index contributed by atoms with van der Waals surface area (Å²) < 4.78 is 5.18. The molecule has 4 nitrogen and oxygen atoms in total. The number of amides is 1. The first-order valence-electron chi connectivity index (χ1n) is 6.76. The average molecular weight is 293 g/mol. The predicted molar refractivity (Wildman–Crippen MR) is 79.7 cm³/mol. The van der Waals surface area contributed by atoms with E-state index in [2.05, 4.69) is 0 Å². The van der Waals surface area contributed by atoms with Crippen LogP contribution in [0.25, 0.3) is 0 Å². The van der Waals surface area contributed by atoms with E-state index < -0.39 is 6.04 Å². The number of carbonyl (C=O) groups is 2. The first-order chi connectivity index (χ1) is 9.65. The van der Waals surface area contributed by atoms with Gasteiger partial charge in [0.25, 0.3) is 5.91 Å². The molecule has 1 aromatic carbocycles. The minimum Gasteiger partial charge on any atom is -0.464 e. The maximum atomic E-state index is 12.6. The molecule has 0 N–H and O–H groups in total. The van der Waals surface area contributed by atoms with Crippen LogP contribution in [-0.4, -0.2) is 41.1 Å². The Bertz CT molecular complexity index is 504. The van der Waals surface area contributed by atoms with E-state index >= 15 is 0 Å². The third kappa shape index (κ3) is 3.15. The quantitative estimate of drug-likeness (QED) is 0.800. The molecule has 1 amide bonds. The van der Waals surface area contributed by atoms with E-state index in [9.17, 15) is 9.59 Å². The molecule has 1 saturated heterocycles. The van der Waals surface area contributed by atoms with E-state index in [1.807, 2.05) is 32.0 Å². The molecule has 0 saturated carbocycles. The molecular formula is C15H19NO3S. The number of hydrogen-bond donors (Lipinski definition) is 0. The zero-order valence-corrected chi connectivity index (χ0v) is 12.6. The second-order valence-electron chi connectivity index (χ2n) is 4.77. The summed E-state index contributed by atoms with van der Waals surface area (Å²) in [6, 6.07) is 6.99. The van der Waals surface area contributed by atoms with Crippen molar-refractivity contribution in [2.75, 3.05) is 18.2 Å². The Morgan fingerprint density at radius 3 is 2.85 bits per heavy atom. The number of hydrogen-bond acceptors (Lipinski definition) is 4. The fourth-order valence-electron chi connectivity index (χ4n) is 2.10. The number of rotatable bonds is 4. The number of nitrogens with zero attached hydrogens (tertiary/aromatic N) is 1. The molecule has 1 aliphatic heterocycles. The Morgan fingerprint density at radius 1 is 1.40 bits per heavy atom. The lowest BCUT2D eigenvalue weighted by Gasteiger charge is -2.23. The molecule has 1 aromatic rings. The van der Waals surface area contributed by atoms with Crippen LogP contribution >= 0.6 is 11.8 Å². The maximum Gasteiger partial charge on any atom is 0.329 e. The zero-order chi connectivity index (χ0) is 14.5. The van der Waals surface area contributed by atoms with Crippen molar-refractivity contribution in [2.45, 2.75) is 26.3 Å². The summed E-state index contributed by atoms with van der Waals surface area (Å²) in [5.74, 6) is 0.768. The Hall–Kier alpha value is -1.49. The maximum absolute atomic E-state index is 12.6. The van der Waals surface area contributed by atoms with E-state index in [1.165, 1.54) is 0 Å². The number of carbonyl (C=O) groups excluding carboxylic acids is 2. The van der Waals surface area contributed by atoms with Gasteiger partial charge >= 0.3 is 5.97 Å². The number of aryl methyl sites for hydroxylation is 1. The summed E-state index contributed by atoms with van der Waals surface area (Å²) in [6.45, 7) is 4.26. The van der Waals surface area contributed by atoms with E-state index in [1.54, 1.807) is 22.7 Å². The molecule has 0 radical (unpaired) electrons. The van der Waals surface area contributed by atoms with Gasteiger partial charge in [-0.15, -0.1) is 11.8 Å². The highest BCUT2D eigenvalue weighted by Gasteiger charge is 2.36. The van der Waals surface area contributed by atoms with Gasteiger partial charge < -0.3 is 9.64 Å². The lowest BCUT2D eigenvalue weighted by Crippen LogP contribution is -2.43. The molecule has 5 heteroatoms. The normalized spacial score (nSPS) is 18.1. The Morgan fingerprint density at radius 2 is 2.15 bits per heavy atom. The van der Waals surface area contributed by atoms with Crippen molar-refractivity contribution in [1.29, 1.82) is 0 Å². The highest BCUT2D eigenvalue weighted by molar-refractivity contribution is 7.99. The van der Waals surface area contributed by atoms with Crippen LogP contribution in [0.3, 0.4) is 0 Å². The molecule has 0 bridgehead atoms. The molecule has 1 atom stereocenters. The third-order valence-electron chi connectivity index (χ3n) is 3.24. The van der Waals surface area contributed by atoms with Crippen molar-refractivity contribution in [1.82, 2.24) is 4.90 Å². The molecule has 0 aromatic heterocycles. The van der Waals surface area contributed by atoms with Crippen molar-refractivity contribution >= 4 is 23.6 Å². The number of ether oxygens (including phenoxy) is 1. The minimum absolute atomic E-state index is 0.0912. The fraction of sp³-hybridized carbons (Fsp3) is 0.467. The van der Waals surface area contributed by atoms with Gasteiger partial charge in [-0.05, 0) is 25.0 Å². The van der Waals surface area contributed by atoms with Gasteiger partial charge in [-0.25, -0.2) is 4.79 Å². The summed E-state index contributed by atoms with van der Waals surface area (Å²) in [5.41, 5.74) is 1.58. The highest BCUT2D eigenvalue weighted by atomic mass is 32.2. The summed E-state index contributed by atoms with van der Waals surface area (Å²) in [4.78, 5) is 26.2. The van der Waals surface area contributed by atoms with Gasteiger partial charge in [0.1, 0.15) is 6.04 Å². The first-order valence-corrected chi connectivity index (χ1v) is 7.91. The van der Waals surface area contributed by atoms with E-state index in [0.717, 1.165) is 12.0 Å². The first kappa shape index (κ1) is 14.9. The van der Waals surface area contributed by atoms with Gasteiger partial charge in [-0.2, -0.15) is 0 Å². The zero-order valence-electron chi connectivity index (χ0n) is 11.8. The van der Waals surface area contributed by atoms with Crippen LogP contribution in [0.2, 0.25) is 0 Å². The molecule has 0 aliphatic carbocycles. The summed E-state index contributed by atoms with van der Waals surface area (Å²) >= 11 is 1.59. The van der Waals surface area contributed by atoms with Gasteiger partial charge in [0, 0.05) is 11.3 Å². The molecule has 108 valence electrons. The number of thioether (sulfide) groups is 1. The largest absolute Gasteiger partial charge is 0.464 e. The Balaban J connectivity index is 2.13. The van der Waals surface area contributed by atoms with Gasteiger partial charge in [-0.3, -0.25) is 4.79 Å². The van der Waals surface area contributed by atoms with Crippen LogP contribution in [0.15, 0.2) is 24.3 Å². The van der Waals surface area contributed by atoms with Crippen LogP contribution in [0.1, 0.15) is 29.3 Å². The topological polar surface area (TPSA) is 46.6 Å². The Kier molecular flexibility index (Phi) is 5.06. The monoisotopic (exact) mass is 293 g/mol. The molecule has 1 unspecified atom stereocenters. The second kappa shape index (κ2) is 6.79. The van der Waals surface area contributed by atoms with Crippen molar-refractivity contribution in [3.05, 3.63) is 35.4 Å². The molecule has 2 rings (SSSR count). The van der Waals surface area contributed by atoms with Crippen LogP contribution in [0.4, 0.5) is 0 Å². The Labute approximate surface area is 123 Å². The second-order valence-corrected chi connectivity index (χ2v) is 5.77. The minimum atomic E-state index is -0.460. The standard InChI is InChI=1S/C15H19NO3S/c1-3-8-19-15(18)13-9-20-10-16(13)14(17)12-7-5-4-6-11(12)2/h4-7,13H,3,8-10H2,1-2H3. The van der Waals surface area contributed by atoms with E-state index in [0.29, 0.717) is 23.8 Å². The third-order valence-corrected chi connectivity index (χ3v) is 4.25. The van der Waals surface area contributed by atoms with Crippen LogP contribution < -0.4 is 0 Å². The molecule has 20 heavy (non-hydrogen) atoms. The van der Waals surface area contributed by atoms with Crippen LogP contribution in [0.5, 0.6) is 0 Å². The molecule has 1 heterocycles. The van der Waals surface area contributed by atoms with Crippen LogP contribution in [0, 0.1) is 6.92 Å². The van der Waals surface area contributed by atoms with Crippen molar-refractivity contribution in [3.63, 3.8) is 0 Å². The molecule has 0 spiro atoms. The fourth-order valence-corrected chi connectivity index (χ4v) is 3.24. The van der Waals surface area contributed by atoms with Crippen LogP contribution in [-0.2, 0) is 9.53 Å². The van der Waals surface area contributed by atoms with E-state index in [4.69, 9.17) is 4.74 Å². The smallest absolute Gasteiger partial charge is 0.329 e. The van der Waals surface area contributed by atoms with Crippen molar-refractivity contribution < 1.29 is 14.3 Å². The average Bonchev–Trinajstić information content (AvgIpc) is 2.94. The molecular weight excluding hydrogens is 274 g/mol. The predicted octanol–water partition coefficient (Wildman–Crippen LogP) is 2.46. The van der Waals surface area contributed by atoms with E-state index in [-0.39, 0.29) is 11.9 Å². The molecule has 1 fully saturated rings. The number of esters is 1. The molecule has 1 aliphatic rings. The summed E-state index contributed by atoms with van der Waals surface area (Å²) in [7, 11) is 0. The lowest BCUT2D eigenvalue weighted by atomic mass is 10.1. The van der Waals surface area contributed by atoms with Gasteiger partial charge in [-0.1, -0.05) is 25.1 Å². The SMILES string of the molecule is CCCOC(=O)C1CSCN1C(=O)c1ccccc1C. The van der Waals surface area contributed by atoms with Gasteiger partial charge in [0.15, 0.2) is 0 Å². The lowest BCUT2D eigenvalue weighted by molar-refractivity contribution is -0.147. The summed E-state index contributed by atoms with van der Waals surface area (Å²) in [6.07, 6.45) is 0.789. The van der Waals surface area contributed by atoms with Gasteiger partial charge in [0.05, 0.1) is 12.5 Å². The summed E-state index contributed by atoms with van der Waals surface area (Å²) in [5, 5.41) is 0. The number of benzene rings is 1. The van der Waals surface area contributed by atoms with Crippen molar-refractivity contribution in [2.24, 2.45) is 0 Å². The van der Waals surface area contributed by atoms with Crippen molar-refractivity contribution in [3.8, 4) is 0 Å². The highest BCUT2D eigenvalue weighted by Crippen LogP contribution is 2.25. The van der Waals surface area contributed by atoms with Gasteiger partial charge in [0.2, 0.25) is 0 Å².